The van der Waals surface area contributed by atoms with Crippen LogP contribution in [0.15, 0.2) is 33.5 Å². The van der Waals surface area contributed by atoms with Crippen LogP contribution in [0.3, 0.4) is 0 Å². The molecule has 9 heteroatoms. The van der Waals surface area contributed by atoms with Crippen molar-refractivity contribution in [2.45, 2.75) is 69.4 Å². The molecule has 0 amide bonds. The van der Waals surface area contributed by atoms with Gasteiger partial charge in [0.25, 0.3) is 0 Å². The van der Waals surface area contributed by atoms with Gasteiger partial charge >= 0.3 is 5.63 Å². The molecule has 0 unspecified atom stereocenters. The molecule has 2 aromatic rings. The van der Waals surface area contributed by atoms with E-state index in [0.29, 0.717) is 17.1 Å². The van der Waals surface area contributed by atoms with Gasteiger partial charge in [0, 0.05) is 29.9 Å². The highest BCUT2D eigenvalue weighted by molar-refractivity contribution is 5.91. The van der Waals surface area contributed by atoms with Crippen LogP contribution in [0.25, 0.3) is 11.3 Å². The maximum absolute atomic E-state index is 13.7. The summed E-state index contributed by atoms with van der Waals surface area (Å²) in [6.45, 7) is 5.38. The highest BCUT2D eigenvalue weighted by Gasteiger charge is 2.83. The van der Waals surface area contributed by atoms with Gasteiger partial charge in [0.15, 0.2) is 11.5 Å². The van der Waals surface area contributed by atoms with Gasteiger partial charge in [-0.25, -0.2) is 4.79 Å². The third-order valence-electron chi connectivity index (χ3n) is 9.91. The fourth-order valence-electron chi connectivity index (χ4n) is 7.49. The van der Waals surface area contributed by atoms with Gasteiger partial charge in [-0.05, 0) is 38.0 Å². The van der Waals surface area contributed by atoms with Crippen molar-refractivity contribution in [2.24, 2.45) is 10.8 Å². The predicted octanol–water partition coefficient (Wildman–Crippen LogP) is 2.66. The molecule has 4 fully saturated rings. The van der Waals surface area contributed by atoms with Crippen molar-refractivity contribution in [3.8, 4) is 28.6 Å². The number of methoxy groups -OCH3 is 2. The molecule has 1 spiro atoms. The first-order chi connectivity index (χ1) is 17.4. The number of carbonyl (C=O) groups excluding carboxylic acids is 1. The topological polar surface area (TPSA) is 125 Å². The maximum atomic E-state index is 13.7. The molecule has 1 aromatic heterocycles. The van der Waals surface area contributed by atoms with Gasteiger partial charge in [-0.3, -0.25) is 4.79 Å². The van der Waals surface area contributed by atoms with E-state index in [-0.39, 0.29) is 55.1 Å². The van der Waals surface area contributed by atoms with E-state index in [2.05, 4.69) is 0 Å². The summed E-state index contributed by atoms with van der Waals surface area (Å²) in [4.78, 5) is 27.0. The van der Waals surface area contributed by atoms with Crippen molar-refractivity contribution in [1.82, 2.24) is 0 Å². The Hall–Kier alpha value is -2.88. The van der Waals surface area contributed by atoms with Gasteiger partial charge in [0.1, 0.15) is 33.9 Å². The van der Waals surface area contributed by atoms with E-state index >= 15 is 0 Å². The second-order valence-electron chi connectivity index (χ2n) is 11.6. The van der Waals surface area contributed by atoms with E-state index in [1.165, 1.54) is 14.2 Å². The smallest absolute Gasteiger partial charge is 0.343 e. The number of carbonyl (C=O) groups is 1. The SMILES string of the molecule is COc1ccc(-c2cc3c(c(=O)o2)C[C@]2(O)[C@@]45CO[C@@H](CC4=O)C(C)(C)[C@]5(O)CC[C@@]2(C)O3)cc1OC. The number of Topliss-reactive ketones (excluding diaryl/α,β-unsaturated/α-hetero) is 1. The zero-order valence-electron chi connectivity index (χ0n) is 21.7. The van der Waals surface area contributed by atoms with Crippen molar-refractivity contribution in [3.63, 3.8) is 0 Å². The zero-order valence-corrected chi connectivity index (χ0v) is 21.7. The molecule has 2 saturated carbocycles. The lowest BCUT2D eigenvalue weighted by atomic mass is 9.37. The minimum Gasteiger partial charge on any atom is -0.493 e. The average molecular weight is 513 g/mol. The van der Waals surface area contributed by atoms with Crippen LogP contribution in [0, 0.1) is 10.8 Å². The minimum absolute atomic E-state index is 0.0907. The molecule has 3 aliphatic heterocycles. The maximum Gasteiger partial charge on any atom is 0.343 e. The average Bonchev–Trinajstić information content (AvgIpc) is 2.86. The lowest BCUT2D eigenvalue weighted by Gasteiger charge is -2.73. The van der Waals surface area contributed by atoms with E-state index in [4.69, 9.17) is 23.4 Å². The zero-order chi connectivity index (χ0) is 26.6. The molecule has 5 aliphatic rings. The number of benzene rings is 1. The summed E-state index contributed by atoms with van der Waals surface area (Å²) >= 11 is 0. The van der Waals surface area contributed by atoms with Crippen LogP contribution in [0.1, 0.15) is 45.6 Å². The number of fused-ring (bicyclic) bond motifs is 4. The Morgan fingerprint density at radius 2 is 1.70 bits per heavy atom. The number of ether oxygens (including phenoxy) is 4. The van der Waals surface area contributed by atoms with E-state index in [1.807, 2.05) is 13.8 Å². The number of ketones is 1. The molecule has 2 saturated heterocycles. The monoisotopic (exact) mass is 512 g/mol. The highest BCUT2D eigenvalue weighted by Crippen LogP contribution is 2.69. The molecule has 7 rings (SSSR count). The summed E-state index contributed by atoms with van der Waals surface area (Å²) in [6, 6.07) is 6.78. The van der Waals surface area contributed by atoms with Gasteiger partial charge in [-0.2, -0.15) is 0 Å². The largest absolute Gasteiger partial charge is 0.493 e. The summed E-state index contributed by atoms with van der Waals surface area (Å²) in [7, 11) is 3.05. The van der Waals surface area contributed by atoms with Gasteiger partial charge in [0.05, 0.1) is 38.1 Å². The summed E-state index contributed by atoms with van der Waals surface area (Å²) in [6.07, 6.45) is -0.00936. The summed E-state index contributed by atoms with van der Waals surface area (Å²) in [5.74, 6) is 1.31. The fourth-order valence-corrected chi connectivity index (χ4v) is 7.49. The molecule has 1 aromatic carbocycles. The lowest BCUT2D eigenvalue weighted by molar-refractivity contribution is -0.369. The van der Waals surface area contributed by atoms with Crippen LogP contribution >= 0.6 is 0 Å². The highest BCUT2D eigenvalue weighted by atomic mass is 16.5. The molecular formula is C28H32O9. The van der Waals surface area contributed by atoms with Gasteiger partial charge in [-0.1, -0.05) is 13.8 Å². The Labute approximate surface area is 214 Å². The van der Waals surface area contributed by atoms with E-state index in [1.54, 1.807) is 31.2 Å². The molecule has 9 nitrogen and oxygen atoms in total. The molecular weight excluding hydrogens is 480 g/mol. The first-order valence-corrected chi connectivity index (χ1v) is 12.6. The van der Waals surface area contributed by atoms with Gasteiger partial charge in [-0.15, -0.1) is 0 Å². The molecule has 2 bridgehead atoms. The number of hydrogen-bond donors (Lipinski definition) is 2. The Morgan fingerprint density at radius 1 is 0.973 bits per heavy atom. The molecule has 37 heavy (non-hydrogen) atoms. The summed E-state index contributed by atoms with van der Waals surface area (Å²) in [5, 5.41) is 24.6. The Kier molecular flexibility index (Phi) is 4.87. The Balaban J connectivity index is 1.49. The molecule has 198 valence electrons. The second-order valence-corrected chi connectivity index (χ2v) is 11.6. The van der Waals surface area contributed by atoms with Crippen molar-refractivity contribution < 1.29 is 38.4 Å². The number of hydrogen-bond acceptors (Lipinski definition) is 9. The van der Waals surface area contributed by atoms with Crippen molar-refractivity contribution in [1.29, 1.82) is 0 Å². The van der Waals surface area contributed by atoms with Gasteiger partial charge in [0.2, 0.25) is 0 Å². The first kappa shape index (κ1) is 24.5. The van der Waals surface area contributed by atoms with Gasteiger partial charge < -0.3 is 33.6 Å². The molecule has 5 atom stereocenters. The van der Waals surface area contributed by atoms with E-state index in [0.717, 1.165) is 0 Å². The quantitative estimate of drug-likeness (QED) is 0.639. The van der Waals surface area contributed by atoms with Crippen LogP contribution in [-0.4, -0.2) is 59.7 Å². The standard InChI is InChI=1S/C28H32O9/c1-24(2)22-12-21(29)26(14-35-22)27(24,31)9-8-25(3)28(26,32)13-16-19(37-25)11-18(36-23(16)30)15-6-7-17(33-4)20(10-15)34-5/h6-7,10-11,22,31-32H,8-9,12-14H2,1-5H3/t22-,25+,26-,27+,28+/m0/s1. The fraction of sp³-hybridized carbons (Fsp3) is 0.571. The van der Waals surface area contributed by atoms with Crippen LogP contribution in [-0.2, 0) is 16.0 Å². The van der Waals surface area contributed by atoms with Crippen molar-refractivity contribution in [3.05, 3.63) is 40.2 Å². The lowest BCUT2D eigenvalue weighted by Crippen LogP contribution is -2.88. The third-order valence-corrected chi connectivity index (χ3v) is 9.91. The number of aliphatic hydroxyl groups is 2. The van der Waals surface area contributed by atoms with Crippen LogP contribution in [0.2, 0.25) is 0 Å². The first-order valence-electron chi connectivity index (χ1n) is 12.6. The third kappa shape index (κ3) is 2.69. The Morgan fingerprint density at radius 3 is 2.38 bits per heavy atom. The van der Waals surface area contributed by atoms with E-state index < -0.39 is 39.4 Å². The van der Waals surface area contributed by atoms with Crippen molar-refractivity contribution >= 4 is 5.78 Å². The predicted molar refractivity (Wildman–Crippen MR) is 131 cm³/mol. The molecule has 2 aliphatic carbocycles. The molecule has 0 radical (unpaired) electrons. The molecule has 4 heterocycles. The normalized spacial score (nSPS) is 37.2. The van der Waals surface area contributed by atoms with Crippen LogP contribution in [0.5, 0.6) is 17.2 Å². The molecule has 2 N–H and O–H groups in total. The minimum atomic E-state index is -1.89. The second kappa shape index (κ2) is 7.36. The van der Waals surface area contributed by atoms with Crippen molar-refractivity contribution in [2.75, 3.05) is 20.8 Å². The summed E-state index contributed by atoms with van der Waals surface area (Å²) in [5.41, 5.74) is -7.06. The van der Waals surface area contributed by atoms with Crippen LogP contribution < -0.4 is 19.8 Å². The Bertz CT molecular complexity index is 1380. The summed E-state index contributed by atoms with van der Waals surface area (Å²) < 4.78 is 28.9. The number of rotatable bonds is 3. The van der Waals surface area contributed by atoms with E-state index in [9.17, 15) is 19.8 Å². The van der Waals surface area contributed by atoms with Crippen LogP contribution in [0.4, 0.5) is 0 Å².